The van der Waals surface area contributed by atoms with Crippen LogP contribution in [0.25, 0.3) is 11.0 Å². The van der Waals surface area contributed by atoms with Gasteiger partial charge in [0.25, 0.3) is 15.9 Å². The molecule has 0 unspecified atom stereocenters. The fourth-order valence-corrected chi connectivity index (χ4v) is 5.09. The molecule has 35 heavy (non-hydrogen) atoms. The number of hydrogen-bond donors (Lipinski definition) is 0. The van der Waals surface area contributed by atoms with Crippen molar-refractivity contribution in [2.45, 2.75) is 25.7 Å². The van der Waals surface area contributed by atoms with Crippen LogP contribution in [0, 0.1) is 19.7 Å². The third-order valence-electron chi connectivity index (χ3n) is 5.40. The molecule has 180 valence electrons. The molecule has 7 nitrogen and oxygen atoms in total. The van der Waals surface area contributed by atoms with Gasteiger partial charge < -0.3 is 9.15 Å². The highest BCUT2D eigenvalue weighted by atomic mass is 32.2. The van der Waals surface area contributed by atoms with Crippen molar-refractivity contribution < 1.29 is 31.6 Å². The maximum atomic E-state index is 13.7. The van der Waals surface area contributed by atoms with E-state index in [4.69, 9.17) is 9.15 Å². The first-order chi connectivity index (χ1) is 16.6. The van der Waals surface area contributed by atoms with Gasteiger partial charge in [0, 0.05) is 10.9 Å². The van der Waals surface area contributed by atoms with E-state index in [1.54, 1.807) is 26.0 Å². The van der Waals surface area contributed by atoms with E-state index in [9.17, 15) is 22.4 Å². The second kappa shape index (κ2) is 9.34. The van der Waals surface area contributed by atoms with Crippen LogP contribution in [0.15, 0.2) is 76.0 Å². The van der Waals surface area contributed by atoms with Crippen molar-refractivity contribution in [3.63, 3.8) is 0 Å². The standard InChI is InChI=1S/C26H22FNO6S/c1-4-33-26(30)24-17(3)34-23-14-11-20(15-22(23)24)28(25(29)18-7-5-16(2)6-8-18)35(31,32)21-12-9-19(27)10-13-21/h5-15H,4H2,1-3H3. The fourth-order valence-electron chi connectivity index (χ4n) is 3.68. The predicted molar refractivity (Wildman–Crippen MR) is 128 cm³/mol. The van der Waals surface area contributed by atoms with Crippen LogP contribution in [0.4, 0.5) is 10.1 Å². The summed E-state index contributed by atoms with van der Waals surface area (Å²) in [6.45, 7) is 5.24. The molecule has 4 rings (SSSR count). The number of halogens is 1. The molecular formula is C26H22FNO6S. The summed E-state index contributed by atoms with van der Waals surface area (Å²) in [6, 6.07) is 14.9. The largest absolute Gasteiger partial charge is 0.462 e. The van der Waals surface area contributed by atoms with Gasteiger partial charge in [0.05, 0.1) is 17.2 Å². The SMILES string of the molecule is CCOC(=O)c1c(C)oc2ccc(N(C(=O)c3ccc(C)cc3)S(=O)(=O)c3ccc(F)cc3)cc12. The molecule has 9 heteroatoms. The highest BCUT2D eigenvalue weighted by Gasteiger charge is 2.33. The molecule has 0 aliphatic rings. The van der Waals surface area contributed by atoms with Gasteiger partial charge in [-0.25, -0.2) is 17.6 Å². The zero-order valence-corrected chi connectivity index (χ0v) is 20.1. The molecular weight excluding hydrogens is 473 g/mol. The van der Waals surface area contributed by atoms with Crippen LogP contribution in [-0.4, -0.2) is 26.9 Å². The summed E-state index contributed by atoms with van der Waals surface area (Å²) >= 11 is 0. The zero-order chi connectivity index (χ0) is 25.3. The van der Waals surface area contributed by atoms with E-state index >= 15 is 0 Å². The Hall–Kier alpha value is -3.98. The first-order valence-corrected chi connectivity index (χ1v) is 12.2. The molecule has 0 N–H and O–H groups in total. The van der Waals surface area contributed by atoms with Gasteiger partial charge in [-0.3, -0.25) is 4.79 Å². The second-order valence-corrected chi connectivity index (χ2v) is 9.62. The summed E-state index contributed by atoms with van der Waals surface area (Å²) < 4.78 is 52.2. The third kappa shape index (κ3) is 4.54. The maximum absolute atomic E-state index is 13.7. The van der Waals surface area contributed by atoms with Crippen molar-refractivity contribution in [3.05, 3.63) is 95.0 Å². The van der Waals surface area contributed by atoms with E-state index in [2.05, 4.69) is 0 Å². The molecule has 3 aromatic carbocycles. The Labute approximate surface area is 201 Å². The third-order valence-corrected chi connectivity index (χ3v) is 7.12. The van der Waals surface area contributed by atoms with Crippen molar-refractivity contribution in [2.24, 2.45) is 0 Å². The lowest BCUT2D eigenvalue weighted by Crippen LogP contribution is -2.37. The van der Waals surface area contributed by atoms with Gasteiger partial charge in [0.1, 0.15) is 22.7 Å². The average Bonchev–Trinajstić information content (AvgIpc) is 3.15. The highest BCUT2D eigenvalue weighted by Crippen LogP contribution is 2.33. The number of ether oxygens (including phenoxy) is 1. The Kier molecular flexibility index (Phi) is 6.45. The van der Waals surface area contributed by atoms with Crippen LogP contribution < -0.4 is 4.31 Å². The number of furan rings is 1. The van der Waals surface area contributed by atoms with E-state index in [1.165, 1.54) is 30.3 Å². The van der Waals surface area contributed by atoms with Gasteiger partial charge in [-0.1, -0.05) is 17.7 Å². The van der Waals surface area contributed by atoms with Crippen LogP contribution in [0.3, 0.4) is 0 Å². The van der Waals surface area contributed by atoms with Gasteiger partial charge in [-0.2, -0.15) is 4.31 Å². The molecule has 1 amide bonds. The quantitative estimate of drug-likeness (QED) is 0.333. The number of carbonyl (C=O) groups excluding carboxylic acids is 2. The molecule has 0 saturated heterocycles. The minimum absolute atomic E-state index is 0.0150. The van der Waals surface area contributed by atoms with E-state index in [0.29, 0.717) is 21.0 Å². The van der Waals surface area contributed by atoms with Crippen molar-refractivity contribution >= 4 is 38.6 Å². The summed E-state index contributed by atoms with van der Waals surface area (Å²) in [5.41, 5.74) is 1.49. The van der Waals surface area contributed by atoms with E-state index in [0.717, 1.165) is 29.8 Å². The number of anilines is 1. The summed E-state index contributed by atoms with van der Waals surface area (Å²) in [5.74, 6) is -1.76. The maximum Gasteiger partial charge on any atom is 0.342 e. The summed E-state index contributed by atoms with van der Waals surface area (Å²) in [7, 11) is -4.46. The van der Waals surface area contributed by atoms with Gasteiger partial charge in [0.15, 0.2) is 0 Å². The number of nitrogens with zero attached hydrogens (tertiary/aromatic N) is 1. The number of fused-ring (bicyclic) bond motifs is 1. The summed E-state index contributed by atoms with van der Waals surface area (Å²) in [5, 5.41) is 0.300. The number of hydrogen-bond acceptors (Lipinski definition) is 6. The number of benzene rings is 3. The molecule has 1 aromatic heterocycles. The molecule has 0 aliphatic carbocycles. The van der Waals surface area contributed by atoms with Gasteiger partial charge in [-0.15, -0.1) is 0 Å². The number of amides is 1. The van der Waals surface area contributed by atoms with Crippen molar-refractivity contribution in [1.82, 2.24) is 0 Å². The smallest absolute Gasteiger partial charge is 0.342 e. The van der Waals surface area contributed by atoms with Crippen molar-refractivity contribution in [1.29, 1.82) is 0 Å². The summed E-state index contributed by atoms with van der Waals surface area (Å²) in [6.07, 6.45) is 0. The Bertz CT molecular complexity index is 1520. The lowest BCUT2D eigenvalue weighted by atomic mass is 10.1. The Morgan fingerprint density at radius 1 is 0.971 bits per heavy atom. The molecule has 4 aromatic rings. The van der Waals surface area contributed by atoms with Gasteiger partial charge in [-0.05, 0) is 75.4 Å². The molecule has 1 heterocycles. The van der Waals surface area contributed by atoms with E-state index < -0.39 is 27.7 Å². The fraction of sp³-hybridized carbons (Fsp3) is 0.154. The molecule has 0 aliphatic heterocycles. The molecule has 0 radical (unpaired) electrons. The predicted octanol–water partition coefficient (Wildman–Crippen LogP) is 5.40. The number of sulfonamides is 1. The van der Waals surface area contributed by atoms with Crippen molar-refractivity contribution in [2.75, 3.05) is 10.9 Å². The first kappa shape index (κ1) is 24.2. The molecule has 0 atom stereocenters. The lowest BCUT2D eigenvalue weighted by Gasteiger charge is -2.23. The number of carbonyl (C=O) groups is 2. The normalized spacial score (nSPS) is 11.4. The average molecular weight is 496 g/mol. The zero-order valence-electron chi connectivity index (χ0n) is 19.2. The van der Waals surface area contributed by atoms with E-state index in [-0.39, 0.29) is 28.3 Å². The number of aryl methyl sites for hydroxylation is 2. The van der Waals surface area contributed by atoms with Crippen LogP contribution in [0.5, 0.6) is 0 Å². The molecule has 0 spiro atoms. The molecule has 0 saturated carbocycles. The van der Waals surface area contributed by atoms with Crippen LogP contribution in [-0.2, 0) is 14.8 Å². The molecule has 0 bridgehead atoms. The van der Waals surface area contributed by atoms with Crippen molar-refractivity contribution in [3.8, 4) is 0 Å². The topological polar surface area (TPSA) is 93.9 Å². The minimum atomic E-state index is -4.46. The van der Waals surface area contributed by atoms with Crippen LogP contribution in [0.2, 0.25) is 0 Å². The summed E-state index contributed by atoms with van der Waals surface area (Å²) in [4.78, 5) is 25.8. The second-order valence-electron chi connectivity index (χ2n) is 7.83. The Balaban J connectivity index is 1.93. The van der Waals surface area contributed by atoms with Gasteiger partial charge in [0.2, 0.25) is 0 Å². The van der Waals surface area contributed by atoms with Crippen LogP contribution in [0.1, 0.15) is 39.0 Å². The number of rotatable bonds is 6. The van der Waals surface area contributed by atoms with E-state index in [1.807, 2.05) is 6.92 Å². The first-order valence-electron chi connectivity index (χ1n) is 10.8. The Morgan fingerprint density at radius 3 is 2.26 bits per heavy atom. The molecule has 0 fully saturated rings. The van der Waals surface area contributed by atoms with Crippen LogP contribution >= 0.6 is 0 Å². The Morgan fingerprint density at radius 2 is 1.63 bits per heavy atom. The number of esters is 1. The minimum Gasteiger partial charge on any atom is -0.462 e. The van der Waals surface area contributed by atoms with Gasteiger partial charge >= 0.3 is 5.97 Å². The monoisotopic (exact) mass is 495 g/mol. The lowest BCUT2D eigenvalue weighted by molar-refractivity contribution is 0.0526. The highest BCUT2D eigenvalue weighted by molar-refractivity contribution is 7.93.